The quantitative estimate of drug-likeness (QED) is 0.769. The van der Waals surface area contributed by atoms with E-state index in [0.29, 0.717) is 17.6 Å². The van der Waals surface area contributed by atoms with Crippen LogP contribution in [-0.4, -0.2) is 30.1 Å². The van der Waals surface area contributed by atoms with E-state index in [-0.39, 0.29) is 5.97 Å². The highest BCUT2D eigenvalue weighted by Crippen LogP contribution is 2.25. The maximum absolute atomic E-state index is 11.3. The summed E-state index contributed by atoms with van der Waals surface area (Å²) in [5.74, 6) is -0.274. The molecule has 0 saturated carbocycles. The number of rotatable bonds is 3. The zero-order valence-electron chi connectivity index (χ0n) is 11.3. The lowest BCUT2D eigenvalue weighted by Gasteiger charge is -2.25. The molecular weight excluding hydrogens is 226 g/mol. The fourth-order valence-corrected chi connectivity index (χ4v) is 2.64. The molecule has 1 aliphatic heterocycles. The molecule has 1 fully saturated rings. The Hall–Kier alpha value is -1.35. The van der Waals surface area contributed by atoms with Crippen molar-refractivity contribution in [2.24, 2.45) is 0 Å². The molecule has 0 amide bonds. The van der Waals surface area contributed by atoms with Crippen LogP contribution in [0.15, 0.2) is 24.3 Å². The van der Waals surface area contributed by atoms with Gasteiger partial charge in [0.1, 0.15) is 0 Å². The third-order valence-electron chi connectivity index (χ3n) is 3.87. The summed E-state index contributed by atoms with van der Waals surface area (Å²) < 4.78 is 4.69. The molecule has 2 atom stereocenters. The maximum atomic E-state index is 11.3. The average molecular weight is 247 g/mol. The molecule has 1 heterocycles. The number of carbonyl (C=O) groups excluding carboxylic acids is 1. The van der Waals surface area contributed by atoms with E-state index < -0.39 is 0 Å². The molecule has 0 bridgehead atoms. The number of carbonyl (C=O) groups is 1. The summed E-state index contributed by atoms with van der Waals surface area (Å²) >= 11 is 0. The summed E-state index contributed by atoms with van der Waals surface area (Å²) in [5, 5.41) is 0. The predicted molar refractivity (Wildman–Crippen MR) is 71.5 cm³/mol. The first-order valence-electron chi connectivity index (χ1n) is 6.55. The van der Waals surface area contributed by atoms with Crippen LogP contribution in [0.2, 0.25) is 0 Å². The van der Waals surface area contributed by atoms with Gasteiger partial charge in [0.15, 0.2) is 0 Å². The van der Waals surface area contributed by atoms with E-state index in [2.05, 4.69) is 18.7 Å². The minimum Gasteiger partial charge on any atom is -0.465 e. The largest absolute Gasteiger partial charge is 0.465 e. The van der Waals surface area contributed by atoms with Crippen LogP contribution in [-0.2, 0) is 11.3 Å². The van der Waals surface area contributed by atoms with Crippen molar-refractivity contribution in [3.63, 3.8) is 0 Å². The van der Waals surface area contributed by atoms with Gasteiger partial charge in [-0.3, -0.25) is 4.90 Å². The van der Waals surface area contributed by atoms with Gasteiger partial charge in [0.2, 0.25) is 0 Å². The van der Waals surface area contributed by atoms with Gasteiger partial charge >= 0.3 is 5.97 Å². The minimum absolute atomic E-state index is 0.274. The highest BCUT2D eigenvalue weighted by Gasteiger charge is 2.26. The Bertz CT molecular complexity index is 403. The zero-order chi connectivity index (χ0) is 13.1. The van der Waals surface area contributed by atoms with Gasteiger partial charge in [-0.25, -0.2) is 4.79 Å². The van der Waals surface area contributed by atoms with Gasteiger partial charge in [0, 0.05) is 18.6 Å². The smallest absolute Gasteiger partial charge is 0.337 e. The highest BCUT2D eigenvalue weighted by atomic mass is 16.5. The lowest BCUT2D eigenvalue weighted by atomic mass is 10.1. The van der Waals surface area contributed by atoms with E-state index in [1.807, 2.05) is 24.3 Å². The van der Waals surface area contributed by atoms with E-state index in [1.54, 1.807) is 0 Å². The van der Waals surface area contributed by atoms with Crippen molar-refractivity contribution in [1.82, 2.24) is 4.90 Å². The summed E-state index contributed by atoms with van der Waals surface area (Å²) in [6, 6.07) is 9.02. The molecular formula is C15H21NO2. The molecule has 1 saturated heterocycles. The number of esters is 1. The Morgan fingerprint density at radius 1 is 1.22 bits per heavy atom. The van der Waals surface area contributed by atoms with Crippen molar-refractivity contribution in [3.8, 4) is 0 Å². The number of likely N-dealkylation sites (tertiary alicyclic amines) is 1. The predicted octanol–water partition coefficient (Wildman–Crippen LogP) is 2.85. The second-order valence-corrected chi connectivity index (χ2v) is 5.14. The summed E-state index contributed by atoms with van der Waals surface area (Å²) in [6.07, 6.45) is 2.56. The van der Waals surface area contributed by atoms with Gasteiger partial charge in [-0.1, -0.05) is 12.1 Å². The van der Waals surface area contributed by atoms with Crippen molar-refractivity contribution < 1.29 is 9.53 Å². The van der Waals surface area contributed by atoms with E-state index in [0.717, 1.165) is 6.54 Å². The number of methoxy groups -OCH3 is 1. The van der Waals surface area contributed by atoms with Crippen molar-refractivity contribution in [2.75, 3.05) is 7.11 Å². The molecule has 3 nitrogen and oxygen atoms in total. The van der Waals surface area contributed by atoms with Gasteiger partial charge < -0.3 is 4.74 Å². The Morgan fingerprint density at radius 2 is 1.78 bits per heavy atom. The molecule has 1 aromatic rings. The van der Waals surface area contributed by atoms with Crippen LogP contribution in [0.25, 0.3) is 0 Å². The van der Waals surface area contributed by atoms with Crippen LogP contribution < -0.4 is 0 Å². The van der Waals surface area contributed by atoms with Crippen LogP contribution in [0.5, 0.6) is 0 Å². The van der Waals surface area contributed by atoms with Crippen molar-refractivity contribution in [1.29, 1.82) is 0 Å². The maximum Gasteiger partial charge on any atom is 0.337 e. The van der Waals surface area contributed by atoms with Crippen molar-refractivity contribution in [3.05, 3.63) is 35.4 Å². The molecule has 0 aromatic heterocycles. The summed E-state index contributed by atoms with van der Waals surface area (Å²) in [5.41, 5.74) is 1.87. The lowest BCUT2D eigenvalue weighted by Crippen LogP contribution is -2.31. The first-order valence-corrected chi connectivity index (χ1v) is 6.55. The number of hydrogen-bond acceptors (Lipinski definition) is 3. The second kappa shape index (κ2) is 5.53. The topological polar surface area (TPSA) is 29.5 Å². The number of hydrogen-bond donors (Lipinski definition) is 0. The molecule has 2 rings (SSSR count). The Kier molecular flexibility index (Phi) is 4.02. The molecule has 18 heavy (non-hydrogen) atoms. The first-order chi connectivity index (χ1) is 8.61. The average Bonchev–Trinajstić information content (AvgIpc) is 2.70. The molecule has 0 radical (unpaired) electrons. The summed E-state index contributed by atoms with van der Waals surface area (Å²) in [4.78, 5) is 13.9. The summed E-state index contributed by atoms with van der Waals surface area (Å²) in [7, 11) is 1.41. The van der Waals surface area contributed by atoms with E-state index in [4.69, 9.17) is 4.74 Å². The lowest BCUT2D eigenvalue weighted by molar-refractivity contribution is 0.0600. The number of benzene rings is 1. The van der Waals surface area contributed by atoms with Crippen LogP contribution >= 0.6 is 0 Å². The van der Waals surface area contributed by atoms with Crippen molar-refractivity contribution in [2.45, 2.75) is 45.3 Å². The Morgan fingerprint density at radius 3 is 2.28 bits per heavy atom. The Labute approximate surface area is 109 Å². The standard InChI is InChI=1S/C15H21NO2/c1-11-4-5-12(2)16(11)10-13-6-8-14(9-7-13)15(17)18-3/h6-9,11-12H,4-5,10H2,1-3H3/t11-,12-/m0/s1. The summed E-state index contributed by atoms with van der Waals surface area (Å²) in [6.45, 7) is 5.53. The fraction of sp³-hybridized carbons (Fsp3) is 0.533. The van der Waals surface area contributed by atoms with Crippen molar-refractivity contribution >= 4 is 5.97 Å². The van der Waals surface area contributed by atoms with Crippen LogP contribution in [0.1, 0.15) is 42.6 Å². The molecule has 0 unspecified atom stereocenters. The molecule has 0 spiro atoms. The first kappa shape index (κ1) is 13.1. The third-order valence-corrected chi connectivity index (χ3v) is 3.87. The molecule has 1 aromatic carbocycles. The van der Waals surface area contributed by atoms with Gasteiger partial charge in [-0.15, -0.1) is 0 Å². The SMILES string of the molecule is COC(=O)c1ccc(CN2[C@@H](C)CC[C@@H]2C)cc1. The fourth-order valence-electron chi connectivity index (χ4n) is 2.64. The normalized spacial score (nSPS) is 24.2. The second-order valence-electron chi connectivity index (χ2n) is 5.14. The monoisotopic (exact) mass is 247 g/mol. The van der Waals surface area contributed by atoms with E-state index in [1.165, 1.54) is 25.5 Å². The molecule has 98 valence electrons. The number of ether oxygens (including phenoxy) is 1. The molecule has 1 aliphatic rings. The molecule has 3 heteroatoms. The van der Waals surface area contributed by atoms with Crippen LogP contribution in [0.3, 0.4) is 0 Å². The van der Waals surface area contributed by atoms with E-state index in [9.17, 15) is 4.79 Å². The van der Waals surface area contributed by atoms with Crippen LogP contribution in [0, 0.1) is 0 Å². The number of nitrogens with zero attached hydrogens (tertiary/aromatic N) is 1. The third kappa shape index (κ3) is 2.72. The van der Waals surface area contributed by atoms with Gasteiger partial charge in [0.25, 0.3) is 0 Å². The minimum atomic E-state index is -0.274. The molecule has 0 aliphatic carbocycles. The molecule has 0 N–H and O–H groups in total. The van der Waals surface area contributed by atoms with E-state index >= 15 is 0 Å². The Balaban J connectivity index is 2.04. The van der Waals surface area contributed by atoms with Gasteiger partial charge in [0.05, 0.1) is 12.7 Å². The van der Waals surface area contributed by atoms with Gasteiger partial charge in [-0.05, 0) is 44.4 Å². The highest BCUT2D eigenvalue weighted by molar-refractivity contribution is 5.89. The zero-order valence-corrected chi connectivity index (χ0v) is 11.3. The van der Waals surface area contributed by atoms with Gasteiger partial charge in [-0.2, -0.15) is 0 Å². The van der Waals surface area contributed by atoms with Crippen LogP contribution in [0.4, 0.5) is 0 Å².